The maximum atomic E-state index is 11.5. The van der Waals surface area contributed by atoms with Crippen LogP contribution in [0.2, 0.25) is 0 Å². The molecular formula is C25H23NO3. The van der Waals surface area contributed by atoms with Crippen molar-refractivity contribution >= 4 is 5.97 Å². The summed E-state index contributed by atoms with van der Waals surface area (Å²) in [7, 11) is 0. The molecule has 0 fully saturated rings. The molecule has 0 spiro atoms. The molecule has 0 saturated heterocycles. The maximum absolute atomic E-state index is 11.5. The third-order valence-corrected chi connectivity index (χ3v) is 4.75. The van der Waals surface area contributed by atoms with Gasteiger partial charge in [0.25, 0.3) is 0 Å². The maximum Gasteiger partial charge on any atom is 0.335 e. The Bertz CT molecular complexity index is 1050. The van der Waals surface area contributed by atoms with Crippen LogP contribution in [0.5, 0.6) is 0 Å². The molecule has 3 aromatic carbocycles. The Labute approximate surface area is 171 Å². The van der Waals surface area contributed by atoms with Gasteiger partial charge in [0.05, 0.1) is 30.4 Å². The third-order valence-electron chi connectivity index (χ3n) is 4.75. The van der Waals surface area contributed by atoms with Crippen LogP contribution >= 0.6 is 0 Å². The molecule has 0 amide bonds. The number of rotatable bonds is 7. The van der Waals surface area contributed by atoms with Crippen LogP contribution in [0.15, 0.2) is 66.7 Å². The number of hydrogen-bond donors (Lipinski definition) is 1. The van der Waals surface area contributed by atoms with Crippen molar-refractivity contribution < 1.29 is 14.6 Å². The van der Waals surface area contributed by atoms with Gasteiger partial charge in [-0.25, -0.2) is 4.79 Å². The Balaban J connectivity index is 1.77. The van der Waals surface area contributed by atoms with Crippen LogP contribution in [0, 0.1) is 11.3 Å². The van der Waals surface area contributed by atoms with E-state index in [1.54, 1.807) is 30.3 Å². The number of aromatic carboxylic acids is 1. The monoisotopic (exact) mass is 385 g/mol. The average molecular weight is 385 g/mol. The van der Waals surface area contributed by atoms with E-state index < -0.39 is 5.97 Å². The van der Waals surface area contributed by atoms with Crippen molar-refractivity contribution in [3.8, 4) is 17.2 Å². The molecular weight excluding hydrogens is 362 g/mol. The Kier molecular flexibility index (Phi) is 6.43. The second-order valence-electron chi connectivity index (χ2n) is 7.31. The third kappa shape index (κ3) is 5.31. The molecule has 1 N–H and O–H groups in total. The van der Waals surface area contributed by atoms with Gasteiger partial charge in [0.1, 0.15) is 0 Å². The number of benzene rings is 3. The SMILES string of the molecule is CC(C)c1ccc(COCc2cc(C(=O)O)cc(-c3cccc(C#N)c3)c2)cc1. The van der Waals surface area contributed by atoms with E-state index in [9.17, 15) is 9.90 Å². The molecule has 0 saturated carbocycles. The molecule has 0 radical (unpaired) electrons. The molecule has 0 aliphatic carbocycles. The minimum Gasteiger partial charge on any atom is -0.478 e. The second-order valence-corrected chi connectivity index (χ2v) is 7.31. The zero-order valence-corrected chi connectivity index (χ0v) is 16.6. The Morgan fingerprint density at radius 3 is 2.34 bits per heavy atom. The van der Waals surface area contributed by atoms with Gasteiger partial charge in [0, 0.05) is 0 Å². The van der Waals surface area contributed by atoms with Crippen molar-refractivity contribution in [2.75, 3.05) is 0 Å². The first-order valence-electron chi connectivity index (χ1n) is 9.50. The molecule has 0 unspecified atom stereocenters. The van der Waals surface area contributed by atoms with Gasteiger partial charge in [-0.2, -0.15) is 5.26 Å². The van der Waals surface area contributed by atoms with Crippen LogP contribution in [0.25, 0.3) is 11.1 Å². The molecule has 4 heteroatoms. The quantitative estimate of drug-likeness (QED) is 0.561. The fraction of sp³-hybridized carbons (Fsp3) is 0.200. The first-order chi connectivity index (χ1) is 14.0. The lowest BCUT2D eigenvalue weighted by atomic mass is 9.98. The van der Waals surface area contributed by atoms with Gasteiger partial charge in [-0.05, 0) is 64.1 Å². The summed E-state index contributed by atoms with van der Waals surface area (Å²) in [6, 6.07) is 22.7. The minimum atomic E-state index is -0.992. The first kappa shape index (κ1) is 20.3. The highest BCUT2D eigenvalue weighted by Crippen LogP contribution is 2.24. The summed E-state index contributed by atoms with van der Waals surface area (Å²) in [5.41, 5.74) is 5.43. The molecule has 29 heavy (non-hydrogen) atoms. The Morgan fingerprint density at radius 1 is 0.966 bits per heavy atom. The van der Waals surface area contributed by atoms with Gasteiger partial charge in [0.2, 0.25) is 0 Å². The summed E-state index contributed by atoms with van der Waals surface area (Å²) < 4.78 is 5.83. The van der Waals surface area contributed by atoms with Crippen LogP contribution in [0.4, 0.5) is 0 Å². The molecule has 0 aliphatic rings. The zero-order valence-electron chi connectivity index (χ0n) is 16.6. The topological polar surface area (TPSA) is 70.3 Å². The summed E-state index contributed by atoms with van der Waals surface area (Å²) in [5.74, 6) is -0.504. The summed E-state index contributed by atoms with van der Waals surface area (Å²) in [4.78, 5) is 11.5. The van der Waals surface area contributed by atoms with Gasteiger partial charge in [-0.1, -0.05) is 50.2 Å². The van der Waals surface area contributed by atoms with E-state index in [-0.39, 0.29) is 5.56 Å². The highest BCUT2D eigenvalue weighted by atomic mass is 16.5. The van der Waals surface area contributed by atoms with E-state index in [0.29, 0.717) is 24.7 Å². The molecule has 0 atom stereocenters. The lowest BCUT2D eigenvalue weighted by Crippen LogP contribution is -2.01. The normalized spacial score (nSPS) is 10.7. The predicted octanol–water partition coefficient (Wildman–Crippen LogP) is 5.76. The molecule has 0 aromatic heterocycles. The minimum absolute atomic E-state index is 0.199. The lowest BCUT2D eigenvalue weighted by Gasteiger charge is -2.10. The van der Waals surface area contributed by atoms with Gasteiger partial charge < -0.3 is 9.84 Å². The fourth-order valence-electron chi connectivity index (χ4n) is 3.12. The van der Waals surface area contributed by atoms with E-state index in [2.05, 4.69) is 44.2 Å². The summed E-state index contributed by atoms with van der Waals surface area (Å²) in [6.45, 7) is 5.07. The summed E-state index contributed by atoms with van der Waals surface area (Å²) >= 11 is 0. The van der Waals surface area contributed by atoms with Gasteiger partial charge >= 0.3 is 5.97 Å². The largest absolute Gasteiger partial charge is 0.478 e. The number of nitriles is 1. The number of ether oxygens (including phenoxy) is 1. The molecule has 0 aliphatic heterocycles. The Morgan fingerprint density at radius 2 is 1.69 bits per heavy atom. The number of carboxylic acids is 1. The molecule has 0 heterocycles. The van der Waals surface area contributed by atoms with Gasteiger partial charge in [-0.15, -0.1) is 0 Å². The van der Waals surface area contributed by atoms with Crippen molar-refractivity contribution in [3.63, 3.8) is 0 Å². The van der Waals surface area contributed by atoms with E-state index in [1.165, 1.54) is 5.56 Å². The van der Waals surface area contributed by atoms with Crippen molar-refractivity contribution in [1.29, 1.82) is 5.26 Å². The Hall–Kier alpha value is -3.42. The number of carbonyl (C=O) groups is 1. The zero-order chi connectivity index (χ0) is 20.8. The van der Waals surface area contributed by atoms with Gasteiger partial charge in [0.15, 0.2) is 0 Å². The number of nitrogens with zero attached hydrogens (tertiary/aromatic N) is 1. The van der Waals surface area contributed by atoms with E-state index >= 15 is 0 Å². The van der Waals surface area contributed by atoms with Crippen molar-refractivity contribution in [2.24, 2.45) is 0 Å². The summed E-state index contributed by atoms with van der Waals surface area (Å²) in [6.07, 6.45) is 0. The average Bonchev–Trinajstić information content (AvgIpc) is 2.74. The number of hydrogen-bond acceptors (Lipinski definition) is 3. The van der Waals surface area contributed by atoms with Gasteiger partial charge in [-0.3, -0.25) is 0 Å². The smallest absolute Gasteiger partial charge is 0.335 e. The standard InChI is InChI=1S/C25H23NO3/c1-17(2)21-8-6-18(7-9-21)15-29-16-20-11-23(13-24(12-20)25(27)28)22-5-3-4-19(10-22)14-26/h3-13,17H,15-16H2,1-2H3,(H,27,28). The van der Waals surface area contributed by atoms with E-state index in [1.807, 2.05) is 12.1 Å². The number of carboxylic acid groups (broad SMARTS) is 1. The van der Waals surface area contributed by atoms with Crippen molar-refractivity contribution in [1.82, 2.24) is 0 Å². The van der Waals surface area contributed by atoms with E-state index in [4.69, 9.17) is 10.00 Å². The van der Waals surface area contributed by atoms with Crippen molar-refractivity contribution in [3.05, 3.63) is 94.5 Å². The van der Waals surface area contributed by atoms with Crippen LogP contribution in [-0.4, -0.2) is 11.1 Å². The highest BCUT2D eigenvalue weighted by molar-refractivity contribution is 5.90. The highest BCUT2D eigenvalue weighted by Gasteiger charge is 2.10. The molecule has 4 nitrogen and oxygen atoms in total. The lowest BCUT2D eigenvalue weighted by molar-refractivity contribution is 0.0696. The first-order valence-corrected chi connectivity index (χ1v) is 9.50. The van der Waals surface area contributed by atoms with Crippen LogP contribution < -0.4 is 0 Å². The van der Waals surface area contributed by atoms with Crippen molar-refractivity contribution in [2.45, 2.75) is 33.0 Å². The second kappa shape index (κ2) is 9.18. The van der Waals surface area contributed by atoms with Crippen LogP contribution in [-0.2, 0) is 18.0 Å². The van der Waals surface area contributed by atoms with E-state index in [0.717, 1.165) is 22.3 Å². The van der Waals surface area contributed by atoms with Crippen LogP contribution in [0.1, 0.15) is 52.4 Å². The molecule has 146 valence electrons. The molecule has 0 bridgehead atoms. The van der Waals surface area contributed by atoms with Crippen LogP contribution in [0.3, 0.4) is 0 Å². The molecule has 3 aromatic rings. The fourth-order valence-corrected chi connectivity index (χ4v) is 3.12. The summed E-state index contributed by atoms with van der Waals surface area (Å²) in [5, 5.41) is 18.6. The predicted molar refractivity (Wildman–Crippen MR) is 113 cm³/mol. The molecule has 3 rings (SSSR count).